The summed E-state index contributed by atoms with van der Waals surface area (Å²) in [5, 5.41) is 3.25. The molecule has 2 aliphatic heterocycles. The molecule has 1 saturated carbocycles. The third kappa shape index (κ3) is 1.66. The van der Waals surface area contributed by atoms with Crippen molar-refractivity contribution < 1.29 is 9.13 Å². The molecule has 2 heterocycles. The molecular formula is C15H17FN2O. The fourth-order valence-corrected chi connectivity index (χ4v) is 3.25. The van der Waals surface area contributed by atoms with Crippen molar-refractivity contribution in [2.75, 3.05) is 37.7 Å². The smallest absolute Gasteiger partial charge is 0.146 e. The van der Waals surface area contributed by atoms with E-state index in [1.165, 1.54) is 5.57 Å². The van der Waals surface area contributed by atoms with Crippen molar-refractivity contribution in [3.63, 3.8) is 0 Å². The number of morpholine rings is 1. The Bertz CT molecular complexity index is 551. The van der Waals surface area contributed by atoms with Crippen LogP contribution in [0.2, 0.25) is 0 Å². The van der Waals surface area contributed by atoms with E-state index in [4.69, 9.17) is 4.74 Å². The van der Waals surface area contributed by atoms with Gasteiger partial charge in [0.05, 0.1) is 18.9 Å². The van der Waals surface area contributed by atoms with Gasteiger partial charge in [-0.25, -0.2) is 4.39 Å². The van der Waals surface area contributed by atoms with Crippen LogP contribution in [0.1, 0.15) is 12.0 Å². The van der Waals surface area contributed by atoms with E-state index in [0.717, 1.165) is 31.6 Å². The van der Waals surface area contributed by atoms with Crippen LogP contribution in [0.5, 0.6) is 0 Å². The number of nitrogens with zero attached hydrogens (tertiary/aromatic N) is 1. The van der Waals surface area contributed by atoms with Gasteiger partial charge in [-0.05, 0) is 35.9 Å². The van der Waals surface area contributed by atoms with Crippen LogP contribution in [0, 0.1) is 5.82 Å². The number of anilines is 1. The van der Waals surface area contributed by atoms with E-state index in [1.807, 2.05) is 6.07 Å². The lowest BCUT2D eigenvalue weighted by molar-refractivity contribution is 0.122. The summed E-state index contributed by atoms with van der Waals surface area (Å²) < 4.78 is 19.7. The Kier molecular flexibility index (Phi) is 2.36. The number of fused-ring (bicyclic) bond motifs is 1. The fourth-order valence-electron chi connectivity index (χ4n) is 3.25. The van der Waals surface area contributed by atoms with Crippen molar-refractivity contribution in [3.05, 3.63) is 41.4 Å². The monoisotopic (exact) mass is 260 g/mol. The van der Waals surface area contributed by atoms with Crippen molar-refractivity contribution in [1.82, 2.24) is 5.32 Å². The number of ether oxygens (including phenoxy) is 1. The summed E-state index contributed by atoms with van der Waals surface area (Å²) in [7, 11) is 0. The van der Waals surface area contributed by atoms with Gasteiger partial charge in [0.15, 0.2) is 0 Å². The van der Waals surface area contributed by atoms with Crippen molar-refractivity contribution in [3.8, 4) is 0 Å². The van der Waals surface area contributed by atoms with Crippen LogP contribution in [0.15, 0.2) is 30.0 Å². The highest BCUT2D eigenvalue weighted by atomic mass is 19.1. The Balaban J connectivity index is 1.63. The molecule has 1 aromatic carbocycles. The van der Waals surface area contributed by atoms with Gasteiger partial charge in [-0.2, -0.15) is 0 Å². The van der Waals surface area contributed by atoms with E-state index in [9.17, 15) is 4.39 Å². The molecule has 3 aliphatic rings. The Morgan fingerprint density at radius 1 is 1.26 bits per heavy atom. The Morgan fingerprint density at radius 3 is 2.74 bits per heavy atom. The van der Waals surface area contributed by atoms with E-state index in [2.05, 4.69) is 22.5 Å². The number of hydrogen-bond donors (Lipinski definition) is 1. The summed E-state index contributed by atoms with van der Waals surface area (Å²) in [5.41, 5.74) is 3.33. The molecule has 100 valence electrons. The Hall–Kier alpha value is -1.55. The first-order valence-electron chi connectivity index (χ1n) is 6.85. The maximum atomic E-state index is 14.4. The van der Waals surface area contributed by atoms with Gasteiger partial charge in [0.1, 0.15) is 5.82 Å². The number of rotatable bonds is 2. The number of nitrogens with one attached hydrogen (secondary N) is 1. The molecule has 0 radical (unpaired) electrons. The summed E-state index contributed by atoms with van der Waals surface area (Å²) in [6, 6.07) is 5.74. The average molecular weight is 260 g/mol. The molecule has 0 aromatic heterocycles. The van der Waals surface area contributed by atoms with Crippen LogP contribution >= 0.6 is 0 Å². The first-order valence-corrected chi connectivity index (χ1v) is 6.85. The molecule has 1 unspecified atom stereocenters. The second-order valence-corrected chi connectivity index (χ2v) is 5.57. The van der Waals surface area contributed by atoms with Gasteiger partial charge in [0.2, 0.25) is 0 Å². The molecule has 4 heteroatoms. The molecule has 0 spiro atoms. The maximum Gasteiger partial charge on any atom is 0.146 e. The van der Waals surface area contributed by atoms with Crippen molar-refractivity contribution >= 4 is 5.69 Å². The van der Waals surface area contributed by atoms with Crippen LogP contribution in [0.25, 0.3) is 0 Å². The molecule has 19 heavy (non-hydrogen) atoms. The molecule has 4 rings (SSSR count). The molecular weight excluding hydrogens is 243 g/mol. The summed E-state index contributed by atoms with van der Waals surface area (Å²) in [4.78, 5) is 2.07. The standard InChI is InChI=1S/C15H17FN2O/c16-13-7-11(15-8-12(15)9-17-10-15)1-2-14(13)18-3-5-19-6-4-18/h1-2,7,9,17H,3-6,8,10H2. The second kappa shape index (κ2) is 3.97. The van der Waals surface area contributed by atoms with E-state index < -0.39 is 0 Å². The molecule has 1 aromatic rings. The third-order valence-corrected chi connectivity index (χ3v) is 4.51. The lowest BCUT2D eigenvalue weighted by atomic mass is 9.95. The number of benzene rings is 1. The minimum atomic E-state index is -0.105. The molecule has 0 amide bonds. The van der Waals surface area contributed by atoms with Gasteiger partial charge in [0, 0.05) is 25.0 Å². The van der Waals surface area contributed by atoms with Crippen LogP contribution < -0.4 is 10.2 Å². The van der Waals surface area contributed by atoms with Gasteiger partial charge in [-0.15, -0.1) is 0 Å². The first kappa shape index (κ1) is 11.3. The van der Waals surface area contributed by atoms with E-state index in [0.29, 0.717) is 18.9 Å². The molecule has 1 atom stereocenters. The molecule has 0 bridgehead atoms. The zero-order chi connectivity index (χ0) is 12.9. The fraction of sp³-hybridized carbons (Fsp3) is 0.467. The molecule has 1 saturated heterocycles. The summed E-state index contributed by atoms with van der Waals surface area (Å²) >= 11 is 0. The number of hydrogen-bond acceptors (Lipinski definition) is 3. The van der Waals surface area contributed by atoms with Crippen molar-refractivity contribution in [1.29, 1.82) is 0 Å². The quantitative estimate of drug-likeness (QED) is 0.877. The summed E-state index contributed by atoms with van der Waals surface area (Å²) in [6.07, 6.45) is 3.16. The minimum absolute atomic E-state index is 0.102. The second-order valence-electron chi connectivity index (χ2n) is 5.57. The van der Waals surface area contributed by atoms with Crippen molar-refractivity contribution in [2.45, 2.75) is 11.8 Å². The normalized spacial score (nSPS) is 28.7. The van der Waals surface area contributed by atoms with E-state index in [1.54, 1.807) is 6.07 Å². The van der Waals surface area contributed by atoms with Crippen LogP contribution in [-0.2, 0) is 10.2 Å². The van der Waals surface area contributed by atoms with Gasteiger partial charge < -0.3 is 15.0 Å². The van der Waals surface area contributed by atoms with Gasteiger partial charge >= 0.3 is 0 Å². The largest absolute Gasteiger partial charge is 0.390 e. The molecule has 1 aliphatic carbocycles. The van der Waals surface area contributed by atoms with Crippen LogP contribution in [-0.4, -0.2) is 32.8 Å². The Labute approximate surface area is 112 Å². The summed E-state index contributed by atoms with van der Waals surface area (Å²) in [5.74, 6) is -0.105. The number of halogens is 1. The SMILES string of the molecule is Fc1cc(C23CNC=C2C3)ccc1N1CCOCC1. The zero-order valence-corrected chi connectivity index (χ0v) is 10.8. The summed E-state index contributed by atoms with van der Waals surface area (Å²) in [6.45, 7) is 3.82. The lowest BCUT2D eigenvalue weighted by Gasteiger charge is -2.29. The Morgan fingerprint density at radius 2 is 2.11 bits per heavy atom. The molecule has 2 fully saturated rings. The van der Waals surface area contributed by atoms with Crippen molar-refractivity contribution in [2.24, 2.45) is 0 Å². The van der Waals surface area contributed by atoms with Gasteiger partial charge in [-0.3, -0.25) is 0 Å². The average Bonchev–Trinajstić information content (AvgIpc) is 3.02. The molecule has 3 nitrogen and oxygen atoms in total. The van der Waals surface area contributed by atoms with Crippen LogP contribution in [0.4, 0.5) is 10.1 Å². The van der Waals surface area contributed by atoms with Crippen LogP contribution in [0.3, 0.4) is 0 Å². The zero-order valence-electron chi connectivity index (χ0n) is 10.8. The van der Waals surface area contributed by atoms with E-state index >= 15 is 0 Å². The highest BCUT2D eigenvalue weighted by Gasteiger charge is 2.52. The van der Waals surface area contributed by atoms with E-state index in [-0.39, 0.29) is 11.2 Å². The minimum Gasteiger partial charge on any atom is -0.390 e. The predicted molar refractivity (Wildman–Crippen MR) is 71.8 cm³/mol. The van der Waals surface area contributed by atoms with Gasteiger partial charge in [0.25, 0.3) is 0 Å². The highest BCUT2D eigenvalue weighted by Crippen LogP contribution is 2.55. The maximum absolute atomic E-state index is 14.4. The third-order valence-electron chi connectivity index (χ3n) is 4.51. The molecule has 1 N–H and O–H groups in total. The van der Waals surface area contributed by atoms with Gasteiger partial charge in [-0.1, -0.05) is 6.07 Å². The highest BCUT2D eigenvalue weighted by molar-refractivity contribution is 5.57. The first-order chi connectivity index (χ1) is 9.29. The topological polar surface area (TPSA) is 24.5 Å². The lowest BCUT2D eigenvalue weighted by Crippen LogP contribution is -2.36. The predicted octanol–water partition coefficient (Wildman–Crippen LogP) is 1.79.